The summed E-state index contributed by atoms with van der Waals surface area (Å²) < 4.78 is 0. The van der Waals surface area contributed by atoms with E-state index in [9.17, 15) is 0 Å². The number of hydrogen-bond acceptors (Lipinski definition) is 3. The van der Waals surface area contributed by atoms with E-state index in [0.717, 1.165) is 17.2 Å². The molecule has 0 spiro atoms. The standard InChI is InChI=1S/C15H15N3S/c1-11-7-8-14(19-11)13-9-17-15(18-13)10-16-12-5-3-2-4-6-12/h2-9,16H,10H2,1H3,(H,17,18). The van der Waals surface area contributed by atoms with Gasteiger partial charge in [-0.3, -0.25) is 0 Å². The fraction of sp³-hybridized carbons (Fsp3) is 0.133. The third-order valence-electron chi connectivity index (χ3n) is 2.87. The van der Waals surface area contributed by atoms with Crippen molar-refractivity contribution in [3.8, 4) is 10.6 Å². The zero-order valence-corrected chi connectivity index (χ0v) is 11.5. The van der Waals surface area contributed by atoms with E-state index in [4.69, 9.17) is 0 Å². The Bertz CT molecular complexity index is 655. The molecule has 0 aliphatic rings. The van der Waals surface area contributed by atoms with Gasteiger partial charge in [-0.05, 0) is 31.2 Å². The molecule has 0 saturated carbocycles. The Kier molecular flexibility index (Phi) is 3.33. The summed E-state index contributed by atoms with van der Waals surface area (Å²) in [5.41, 5.74) is 2.19. The smallest absolute Gasteiger partial charge is 0.125 e. The number of benzene rings is 1. The number of anilines is 1. The van der Waals surface area contributed by atoms with Gasteiger partial charge in [0.2, 0.25) is 0 Å². The van der Waals surface area contributed by atoms with Gasteiger partial charge in [0, 0.05) is 10.6 Å². The third kappa shape index (κ3) is 2.85. The van der Waals surface area contributed by atoms with E-state index >= 15 is 0 Å². The van der Waals surface area contributed by atoms with Crippen molar-refractivity contribution in [1.29, 1.82) is 0 Å². The highest BCUT2D eigenvalue weighted by atomic mass is 32.1. The first kappa shape index (κ1) is 12.0. The molecule has 3 rings (SSSR count). The molecule has 4 heteroatoms. The summed E-state index contributed by atoms with van der Waals surface area (Å²) in [5.74, 6) is 0.949. The first-order valence-electron chi connectivity index (χ1n) is 6.21. The van der Waals surface area contributed by atoms with E-state index in [1.54, 1.807) is 11.3 Å². The van der Waals surface area contributed by atoms with Crippen molar-refractivity contribution in [3.05, 3.63) is 59.4 Å². The molecule has 0 atom stereocenters. The van der Waals surface area contributed by atoms with Gasteiger partial charge in [-0.2, -0.15) is 0 Å². The van der Waals surface area contributed by atoms with Crippen LogP contribution in [0.2, 0.25) is 0 Å². The Morgan fingerprint density at radius 3 is 2.74 bits per heavy atom. The molecule has 2 N–H and O–H groups in total. The lowest BCUT2D eigenvalue weighted by Crippen LogP contribution is -2.00. The third-order valence-corrected chi connectivity index (χ3v) is 3.90. The van der Waals surface area contributed by atoms with Crippen molar-refractivity contribution in [1.82, 2.24) is 9.97 Å². The maximum atomic E-state index is 4.41. The Morgan fingerprint density at radius 2 is 2.00 bits per heavy atom. The van der Waals surface area contributed by atoms with Gasteiger partial charge in [0.25, 0.3) is 0 Å². The Morgan fingerprint density at radius 1 is 1.16 bits per heavy atom. The van der Waals surface area contributed by atoms with E-state index in [1.165, 1.54) is 9.75 Å². The lowest BCUT2D eigenvalue weighted by Gasteiger charge is -2.03. The lowest BCUT2D eigenvalue weighted by atomic mass is 10.3. The largest absolute Gasteiger partial charge is 0.378 e. The molecule has 2 heterocycles. The second kappa shape index (κ2) is 5.28. The van der Waals surface area contributed by atoms with Gasteiger partial charge in [0.1, 0.15) is 5.82 Å². The van der Waals surface area contributed by atoms with E-state index in [-0.39, 0.29) is 0 Å². The predicted octanol–water partition coefficient (Wildman–Crippen LogP) is 4.06. The van der Waals surface area contributed by atoms with Gasteiger partial charge in [-0.25, -0.2) is 4.98 Å². The summed E-state index contributed by atoms with van der Waals surface area (Å²) >= 11 is 1.78. The second-order valence-electron chi connectivity index (χ2n) is 4.37. The molecule has 0 unspecified atom stereocenters. The second-order valence-corrected chi connectivity index (χ2v) is 5.66. The number of hydrogen-bond donors (Lipinski definition) is 2. The minimum atomic E-state index is 0.703. The molecule has 3 aromatic rings. The highest BCUT2D eigenvalue weighted by Crippen LogP contribution is 2.26. The first-order valence-corrected chi connectivity index (χ1v) is 7.02. The van der Waals surface area contributed by atoms with Crippen LogP contribution in [0, 0.1) is 6.92 Å². The highest BCUT2D eigenvalue weighted by Gasteiger charge is 2.05. The van der Waals surface area contributed by atoms with Crippen LogP contribution in [-0.4, -0.2) is 9.97 Å². The van der Waals surface area contributed by atoms with Gasteiger partial charge in [-0.1, -0.05) is 18.2 Å². The van der Waals surface area contributed by atoms with Gasteiger partial charge >= 0.3 is 0 Å². The van der Waals surface area contributed by atoms with Gasteiger partial charge < -0.3 is 10.3 Å². The van der Waals surface area contributed by atoms with Crippen molar-refractivity contribution in [2.45, 2.75) is 13.5 Å². The predicted molar refractivity (Wildman–Crippen MR) is 80.4 cm³/mol. The fourth-order valence-electron chi connectivity index (χ4n) is 1.90. The molecular weight excluding hydrogens is 254 g/mol. The van der Waals surface area contributed by atoms with Gasteiger partial charge in [-0.15, -0.1) is 11.3 Å². The first-order chi connectivity index (χ1) is 9.31. The quantitative estimate of drug-likeness (QED) is 0.750. The molecule has 19 heavy (non-hydrogen) atoms. The minimum absolute atomic E-state index is 0.703. The van der Waals surface area contributed by atoms with Crippen molar-refractivity contribution < 1.29 is 0 Å². The zero-order chi connectivity index (χ0) is 13.1. The summed E-state index contributed by atoms with van der Waals surface area (Å²) in [6.07, 6.45) is 1.90. The van der Waals surface area contributed by atoms with Crippen molar-refractivity contribution in [2.24, 2.45) is 0 Å². The number of aryl methyl sites for hydroxylation is 1. The molecule has 0 bridgehead atoms. The topological polar surface area (TPSA) is 40.7 Å². The van der Waals surface area contributed by atoms with E-state index in [1.807, 2.05) is 36.5 Å². The van der Waals surface area contributed by atoms with Crippen LogP contribution in [0.4, 0.5) is 5.69 Å². The number of H-pyrrole nitrogens is 1. The molecule has 2 aromatic heterocycles. The number of para-hydroxylation sites is 1. The van der Waals surface area contributed by atoms with Gasteiger partial charge in [0.05, 0.1) is 23.3 Å². The Balaban J connectivity index is 1.68. The van der Waals surface area contributed by atoms with Crippen LogP contribution in [0.15, 0.2) is 48.7 Å². The molecule has 0 aliphatic heterocycles. The normalized spacial score (nSPS) is 10.6. The number of nitrogens with one attached hydrogen (secondary N) is 2. The lowest BCUT2D eigenvalue weighted by molar-refractivity contribution is 1.00. The van der Waals surface area contributed by atoms with Crippen LogP contribution < -0.4 is 5.32 Å². The summed E-state index contributed by atoms with van der Waals surface area (Å²) in [4.78, 5) is 10.3. The Labute approximate surface area is 116 Å². The fourth-order valence-corrected chi connectivity index (χ4v) is 2.73. The molecule has 0 saturated heterocycles. The maximum Gasteiger partial charge on any atom is 0.125 e. The van der Waals surface area contributed by atoms with Crippen LogP contribution in [0.5, 0.6) is 0 Å². The number of nitrogens with zero attached hydrogens (tertiary/aromatic N) is 1. The molecule has 0 fully saturated rings. The molecule has 0 radical (unpaired) electrons. The summed E-state index contributed by atoms with van der Waals surface area (Å²) in [7, 11) is 0. The number of imidazole rings is 1. The molecule has 0 aliphatic carbocycles. The van der Waals surface area contributed by atoms with Crippen molar-refractivity contribution in [2.75, 3.05) is 5.32 Å². The SMILES string of the molecule is Cc1ccc(-c2cnc(CNc3ccccc3)[nH]2)s1. The Hall–Kier alpha value is -2.07. The van der Waals surface area contributed by atoms with Crippen molar-refractivity contribution >= 4 is 17.0 Å². The number of aromatic nitrogens is 2. The van der Waals surface area contributed by atoms with E-state index in [0.29, 0.717) is 6.54 Å². The maximum absolute atomic E-state index is 4.41. The van der Waals surface area contributed by atoms with E-state index in [2.05, 4.69) is 34.3 Å². The van der Waals surface area contributed by atoms with E-state index < -0.39 is 0 Å². The van der Waals surface area contributed by atoms with Crippen LogP contribution in [0.3, 0.4) is 0 Å². The number of thiophene rings is 1. The molecule has 0 amide bonds. The van der Waals surface area contributed by atoms with Gasteiger partial charge in [0.15, 0.2) is 0 Å². The number of aromatic amines is 1. The number of rotatable bonds is 4. The average molecular weight is 269 g/mol. The van der Waals surface area contributed by atoms with Crippen LogP contribution in [0.1, 0.15) is 10.7 Å². The van der Waals surface area contributed by atoms with Crippen LogP contribution >= 0.6 is 11.3 Å². The van der Waals surface area contributed by atoms with Crippen LogP contribution in [0.25, 0.3) is 10.6 Å². The van der Waals surface area contributed by atoms with Crippen LogP contribution in [-0.2, 0) is 6.54 Å². The molecular formula is C15H15N3S. The molecule has 1 aromatic carbocycles. The minimum Gasteiger partial charge on any atom is -0.378 e. The average Bonchev–Trinajstić information content (AvgIpc) is 3.06. The monoisotopic (exact) mass is 269 g/mol. The van der Waals surface area contributed by atoms with Crippen molar-refractivity contribution in [3.63, 3.8) is 0 Å². The summed E-state index contributed by atoms with van der Waals surface area (Å²) in [6.45, 7) is 2.82. The molecule has 96 valence electrons. The summed E-state index contributed by atoms with van der Waals surface area (Å²) in [6, 6.07) is 14.4. The highest BCUT2D eigenvalue weighted by molar-refractivity contribution is 7.15. The zero-order valence-electron chi connectivity index (χ0n) is 10.7. The molecule has 3 nitrogen and oxygen atoms in total. The summed E-state index contributed by atoms with van der Waals surface area (Å²) in [5, 5.41) is 3.34.